The van der Waals surface area contributed by atoms with Crippen LogP contribution in [0.15, 0.2) is 146 Å². The molecule has 0 saturated carbocycles. The van der Waals surface area contributed by atoms with Gasteiger partial charge in [0.15, 0.2) is 0 Å². The Morgan fingerprint density at radius 3 is 0.930 bits per heavy atom. The SMILES string of the molecule is Nc1ccccc1Oc1cccc(Oc2ccc(Oc3ccc(Oc4cccc(Oc5ccccc5N)c4)cc3)cc2)c1. The first-order valence-electron chi connectivity index (χ1n) is 13.6. The molecule has 6 aromatic rings. The fourth-order valence-electron chi connectivity index (χ4n) is 4.16. The van der Waals surface area contributed by atoms with Crippen molar-refractivity contribution in [1.82, 2.24) is 0 Å². The van der Waals surface area contributed by atoms with E-state index in [2.05, 4.69) is 0 Å². The minimum atomic E-state index is 0.567. The molecule has 6 aromatic carbocycles. The van der Waals surface area contributed by atoms with Crippen molar-refractivity contribution >= 4 is 11.4 Å². The third-order valence-electron chi connectivity index (χ3n) is 6.26. The molecule has 0 spiro atoms. The Morgan fingerprint density at radius 2 is 0.581 bits per heavy atom. The zero-order valence-corrected chi connectivity index (χ0v) is 23.1. The molecule has 43 heavy (non-hydrogen) atoms. The first-order chi connectivity index (χ1) is 21.1. The summed E-state index contributed by atoms with van der Waals surface area (Å²) in [6.07, 6.45) is 0. The quantitative estimate of drug-likeness (QED) is 0.159. The van der Waals surface area contributed by atoms with Gasteiger partial charge in [0.25, 0.3) is 0 Å². The number of para-hydroxylation sites is 4. The third-order valence-corrected chi connectivity index (χ3v) is 6.26. The van der Waals surface area contributed by atoms with Crippen LogP contribution in [0.5, 0.6) is 57.5 Å². The van der Waals surface area contributed by atoms with E-state index < -0.39 is 0 Å². The van der Waals surface area contributed by atoms with Crippen LogP contribution in [-0.2, 0) is 0 Å². The molecule has 0 saturated heterocycles. The van der Waals surface area contributed by atoms with Gasteiger partial charge in [0.05, 0.1) is 11.4 Å². The lowest BCUT2D eigenvalue weighted by Gasteiger charge is -2.12. The Balaban J connectivity index is 1.04. The number of hydrogen-bond donors (Lipinski definition) is 2. The molecule has 7 nitrogen and oxygen atoms in total. The van der Waals surface area contributed by atoms with Crippen LogP contribution in [0.25, 0.3) is 0 Å². The maximum atomic E-state index is 6.01. The molecule has 0 radical (unpaired) electrons. The van der Waals surface area contributed by atoms with Crippen molar-refractivity contribution in [2.24, 2.45) is 0 Å². The molecule has 4 N–H and O–H groups in total. The van der Waals surface area contributed by atoms with Crippen molar-refractivity contribution in [3.8, 4) is 57.5 Å². The van der Waals surface area contributed by atoms with Crippen LogP contribution in [0.3, 0.4) is 0 Å². The maximum absolute atomic E-state index is 6.01. The van der Waals surface area contributed by atoms with E-state index in [-0.39, 0.29) is 0 Å². The van der Waals surface area contributed by atoms with Gasteiger partial charge >= 0.3 is 0 Å². The van der Waals surface area contributed by atoms with E-state index in [0.29, 0.717) is 68.9 Å². The highest BCUT2D eigenvalue weighted by Crippen LogP contribution is 2.34. The van der Waals surface area contributed by atoms with Gasteiger partial charge in [-0.3, -0.25) is 0 Å². The van der Waals surface area contributed by atoms with Crippen molar-refractivity contribution in [2.75, 3.05) is 11.5 Å². The van der Waals surface area contributed by atoms with Gasteiger partial charge in [0.1, 0.15) is 57.5 Å². The normalized spacial score (nSPS) is 10.5. The standard InChI is InChI=1S/C36H28N2O5/c37-33-11-1-3-13-35(33)42-31-9-5-7-29(23-31)40-27-19-15-25(16-20-27)39-26-17-21-28(22-18-26)41-30-8-6-10-32(24-30)43-36-14-4-2-12-34(36)38/h1-24H,37-38H2. The second kappa shape index (κ2) is 12.6. The highest BCUT2D eigenvalue weighted by Gasteiger charge is 2.07. The summed E-state index contributed by atoms with van der Waals surface area (Å²) in [5.41, 5.74) is 13.1. The maximum Gasteiger partial charge on any atom is 0.150 e. The van der Waals surface area contributed by atoms with E-state index in [1.54, 1.807) is 12.1 Å². The van der Waals surface area contributed by atoms with E-state index in [1.165, 1.54) is 0 Å². The van der Waals surface area contributed by atoms with E-state index in [1.807, 2.05) is 133 Å². The highest BCUT2D eigenvalue weighted by atomic mass is 16.5. The molecule has 0 amide bonds. The number of hydrogen-bond acceptors (Lipinski definition) is 7. The topological polar surface area (TPSA) is 98.2 Å². The van der Waals surface area contributed by atoms with Crippen molar-refractivity contribution in [3.63, 3.8) is 0 Å². The number of nitrogens with two attached hydrogens (primary N) is 2. The Morgan fingerprint density at radius 1 is 0.279 bits per heavy atom. The van der Waals surface area contributed by atoms with Gasteiger partial charge in [-0.1, -0.05) is 36.4 Å². The van der Waals surface area contributed by atoms with Crippen molar-refractivity contribution in [1.29, 1.82) is 0 Å². The first kappa shape index (κ1) is 27.1. The van der Waals surface area contributed by atoms with E-state index >= 15 is 0 Å². The molecule has 0 unspecified atom stereocenters. The van der Waals surface area contributed by atoms with Crippen LogP contribution in [0.2, 0.25) is 0 Å². The lowest BCUT2D eigenvalue weighted by Crippen LogP contribution is -1.92. The number of benzene rings is 6. The average Bonchev–Trinajstić information content (AvgIpc) is 3.02. The van der Waals surface area contributed by atoms with Gasteiger partial charge in [-0.2, -0.15) is 0 Å². The summed E-state index contributed by atoms with van der Waals surface area (Å²) >= 11 is 0. The van der Waals surface area contributed by atoms with Crippen LogP contribution >= 0.6 is 0 Å². The predicted octanol–water partition coefficient (Wildman–Crippen LogP) is 9.81. The Hall–Kier alpha value is -6.08. The van der Waals surface area contributed by atoms with Crippen LogP contribution in [-0.4, -0.2) is 0 Å². The molecule has 0 aliphatic rings. The van der Waals surface area contributed by atoms with Gasteiger partial charge in [-0.05, 0) is 97.1 Å². The molecular weight excluding hydrogens is 540 g/mol. The third kappa shape index (κ3) is 7.17. The molecule has 7 heteroatoms. The van der Waals surface area contributed by atoms with Crippen LogP contribution in [0, 0.1) is 0 Å². The molecule has 0 heterocycles. The number of anilines is 2. The Kier molecular flexibility index (Phi) is 7.95. The van der Waals surface area contributed by atoms with Gasteiger partial charge < -0.3 is 35.2 Å². The van der Waals surface area contributed by atoms with E-state index in [4.69, 9.17) is 35.2 Å². The molecule has 0 aliphatic carbocycles. The van der Waals surface area contributed by atoms with Gasteiger partial charge in [0, 0.05) is 12.1 Å². The van der Waals surface area contributed by atoms with Crippen LogP contribution in [0.4, 0.5) is 11.4 Å². The predicted molar refractivity (Wildman–Crippen MR) is 168 cm³/mol. The molecule has 6 rings (SSSR count). The van der Waals surface area contributed by atoms with Crippen LogP contribution in [0.1, 0.15) is 0 Å². The fraction of sp³-hybridized carbons (Fsp3) is 0. The Bertz CT molecular complexity index is 1690. The summed E-state index contributed by atoms with van der Waals surface area (Å²) in [5, 5.41) is 0. The summed E-state index contributed by atoms with van der Waals surface area (Å²) < 4.78 is 29.8. The second-order valence-corrected chi connectivity index (χ2v) is 9.48. The first-order valence-corrected chi connectivity index (χ1v) is 13.6. The monoisotopic (exact) mass is 568 g/mol. The number of rotatable bonds is 10. The molecular formula is C36H28N2O5. The lowest BCUT2D eigenvalue weighted by molar-refractivity contribution is 0.454. The van der Waals surface area contributed by atoms with E-state index in [9.17, 15) is 0 Å². The second-order valence-electron chi connectivity index (χ2n) is 9.48. The number of ether oxygens (including phenoxy) is 5. The molecule has 0 aliphatic heterocycles. The summed E-state index contributed by atoms with van der Waals surface area (Å²) in [6, 6.07) is 44.2. The molecule has 0 atom stereocenters. The van der Waals surface area contributed by atoms with Gasteiger partial charge in [0.2, 0.25) is 0 Å². The van der Waals surface area contributed by atoms with Gasteiger partial charge in [-0.15, -0.1) is 0 Å². The Labute approximate surface area is 249 Å². The lowest BCUT2D eigenvalue weighted by atomic mass is 10.3. The zero-order valence-electron chi connectivity index (χ0n) is 23.1. The molecule has 0 fully saturated rings. The van der Waals surface area contributed by atoms with E-state index in [0.717, 1.165) is 0 Å². The summed E-state index contributed by atoms with van der Waals surface area (Å²) in [4.78, 5) is 0. The molecule has 212 valence electrons. The van der Waals surface area contributed by atoms with Crippen molar-refractivity contribution in [3.05, 3.63) is 146 Å². The minimum Gasteiger partial charge on any atom is -0.457 e. The zero-order chi connectivity index (χ0) is 29.4. The smallest absolute Gasteiger partial charge is 0.150 e. The largest absolute Gasteiger partial charge is 0.457 e. The summed E-state index contributed by atoms with van der Waals surface area (Å²) in [6.45, 7) is 0. The minimum absolute atomic E-state index is 0.567. The number of nitrogen functional groups attached to an aromatic ring is 2. The summed E-state index contributed by atoms with van der Waals surface area (Å²) in [5.74, 6) is 6.37. The van der Waals surface area contributed by atoms with Gasteiger partial charge in [-0.25, -0.2) is 0 Å². The highest BCUT2D eigenvalue weighted by molar-refractivity contribution is 5.55. The molecule has 0 aromatic heterocycles. The van der Waals surface area contributed by atoms with Crippen molar-refractivity contribution in [2.45, 2.75) is 0 Å². The molecule has 0 bridgehead atoms. The average molecular weight is 569 g/mol. The fourth-order valence-corrected chi connectivity index (χ4v) is 4.16. The van der Waals surface area contributed by atoms with Crippen molar-refractivity contribution < 1.29 is 23.7 Å². The van der Waals surface area contributed by atoms with Crippen LogP contribution < -0.4 is 35.2 Å². The summed E-state index contributed by atoms with van der Waals surface area (Å²) in [7, 11) is 0.